The molecule has 0 aromatic heterocycles. The van der Waals surface area contributed by atoms with Crippen LogP contribution in [0.25, 0.3) is 0 Å². The highest BCUT2D eigenvalue weighted by Gasteiger charge is 2.17. The van der Waals surface area contributed by atoms with Gasteiger partial charge in [0.25, 0.3) is 0 Å². The van der Waals surface area contributed by atoms with E-state index in [-0.39, 0.29) is 6.04 Å². The third-order valence-electron chi connectivity index (χ3n) is 3.38. The van der Waals surface area contributed by atoms with E-state index in [0.29, 0.717) is 0 Å². The van der Waals surface area contributed by atoms with Gasteiger partial charge in [0.1, 0.15) is 0 Å². The summed E-state index contributed by atoms with van der Waals surface area (Å²) in [5, 5.41) is 0.766. The van der Waals surface area contributed by atoms with Gasteiger partial charge in [-0.3, -0.25) is 0 Å². The van der Waals surface area contributed by atoms with E-state index in [0.717, 1.165) is 22.7 Å². The van der Waals surface area contributed by atoms with E-state index in [1.165, 1.54) is 24.4 Å². The molecule has 0 saturated carbocycles. The number of hydrogen-bond acceptors (Lipinski definition) is 3. The van der Waals surface area contributed by atoms with E-state index in [1.807, 2.05) is 0 Å². The van der Waals surface area contributed by atoms with E-state index in [2.05, 4.69) is 63.8 Å². The van der Waals surface area contributed by atoms with Gasteiger partial charge in [-0.2, -0.15) is 11.8 Å². The Morgan fingerprint density at radius 3 is 2.83 bits per heavy atom. The van der Waals surface area contributed by atoms with Gasteiger partial charge in [-0.05, 0) is 24.1 Å². The van der Waals surface area contributed by atoms with Crippen LogP contribution in [0.4, 0.5) is 0 Å². The lowest BCUT2D eigenvalue weighted by atomic mass is 10.0. The Labute approximate surface area is 122 Å². The van der Waals surface area contributed by atoms with Crippen molar-refractivity contribution in [3.63, 3.8) is 0 Å². The number of rotatable bonds is 4. The first-order valence-corrected chi connectivity index (χ1v) is 8.34. The summed E-state index contributed by atoms with van der Waals surface area (Å²) in [6.45, 7) is 5.84. The summed E-state index contributed by atoms with van der Waals surface area (Å²) in [6.07, 6.45) is 1.04. The highest BCUT2D eigenvalue weighted by atomic mass is 79.9. The zero-order valence-electron chi connectivity index (χ0n) is 10.8. The molecule has 18 heavy (non-hydrogen) atoms. The topological polar surface area (TPSA) is 29.3 Å². The maximum absolute atomic E-state index is 6.25. The number of hydrogen-bond donors (Lipinski definition) is 1. The molecule has 0 spiro atoms. The van der Waals surface area contributed by atoms with E-state index < -0.39 is 0 Å². The molecule has 2 nitrogen and oxygen atoms in total. The average Bonchev–Trinajstić information content (AvgIpc) is 2.37. The SMILES string of the molecule is CC1CN(CCC(N)c2ccc(Br)cc2)CCS1. The number of nitrogens with zero attached hydrogens (tertiary/aromatic N) is 1. The van der Waals surface area contributed by atoms with Gasteiger partial charge in [0.2, 0.25) is 0 Å². The summed E-state index contributed by atoms with van der Waals surface area (Å²) in [7, 11) is 0. The Kier molecular flexibility index (Phi) is 5.55. The normalized spacial score (nSPS) is 22.9. The molecule has 2 atom stereocenters. The molecular weight excluding hydrogens is 308 g/mol. The monoisotopic (exact) mass is 328 g/mol. The van der Waals surface area contributed by atoms with Crippen LogP contribution in [0.1, 0.15) is 24.9 Å². The molecule has 0 aliphatic carbocycles. The molecule has 1 aliphatic heterocycles. The molecular formula is C14H21BrN2S. The summed E-state index contributed by atoms with van der Waals surface area (Å²) in [4.78, 5) is 2.54. The highest BCUT2D eigenvalue weighted by Crippen LogP contribution is 2.21. The maximum Gasteiger partial charge on any atom is 0.0307 e. The van der Waals surface area contributed by atoms with Crippen molar-refractivity contribution in [3.05, 3.63) is 34.3 Å². The molecule has 0 amide bonds. The molecule has 2 N–H and O–H groups in total. The summed E-state index contributed by atoms with van der Waals surface area (Å²) >= 11 is 5.53. The molecule has 1 saturated heterocycles. The lowest BCUT2D eigenvalue weighted by Crippen LogP contribution is -2.38. The van der Waals surface area contributed by atoms with Crippen LogP contribution >= 0.6 is 27.7 Å². The Morgan fingerprint density at radius 2 is 2.17 bits per heavy atom. The summed E-state index contributed by atoms with van der Waals surface area (Å²) in [5.74, 6) is 1.26. The fraction of sp³-hybridized carbons (Fsp3) is 0.571. The quantitative estimate of drug-likeness (QED) is 0.919. The average molecular weight is 329 g/mol. The molecule has 2 rings (SSSR count). The second-order valence-electron chi connectivity index (χ2n) is 4.93. The highest BCUT2D eigenvalue weighted by molar-refractivity contribution is 9.10. The number of benzene rings is 1. The van der Waals surface area contributed by atoms with Crippen molar-refractivity contribution in [2.75, 3.05) is 25.4 Å². The molecule has 0 radical (unpaired) electrons. The fourth-order valence-electron chi connectivity index (χ4n) is 2.29. The molecule has 1 aromatic rings. The zero-order chi connectivity index (χ0) is 13.0. The van der Waals surface area contributed by atoms with Crippen LogP contribution in [-0.4, -0.2) is 35.5 Å². The van der Waals surface area contributed by atoms with Crippen LogP contribution in [0.2, 0.25) is 0 Å². The minimum Gasteiger partial charge on any atom is -0.324 e. The van der Waals surface area contributed by atoms with Gasteiger partial charge in [0, 0.05) is 41.2 Å². The van der Waals surface area contributed by atoms with Gasteiger partial charge in [0.15, 0.2) is 0 Å². The van der Waals surface area contributed by atoms with Gasteiger partial charge in [-0.15, -0.1) is 0 Å². The van der Waals surface area contributed by atoms with Crippen LogP contribution in [0.3, 0.4) is 0 Å². The van der Waals surface area contributed by atoms with Crippen molar-refractivity contribution in [1.82, 2.24) is 4.90 Å². The first-order chi connectivity index (χ1) is 8.65. The third kappa shape index (κ3) is 4.26. The molecule has 2 unspecified atom stereocenters. The Hall–Kier alpha value is -0.0300. The number of thioether (sulfide) groups is 1. The Balaban J connectivity index is 1.80. The maximum atomic E-state index is 6.25. The number of nitrogens with two attached hydrogens (primary N) is 1. The van der Waals surface area contributed by atoms with E-state index in [4.69, 9.17) is 5.73 Å². The van der Waals surface area contributed by atoms with Gasteiger partial charge in [-0.25, -0.2) is 0 Å². The Morgan fingerprint density at radius 1 is 1.44 bits per heavy atom. The van der Waals surface area contributed by atoms with E-state index in [9.17, 15) is 0 Å². The molecule has 4 heteroatoms. The van der Waals surface area contributed by atoms with Gasteiger partial charge >= 0.3 is 0 Å². The van der Waals surface area contributed by atoms with Crippen LogP contribution in [0.15, 0.2) is 28.7 Å². The van der Waals surface area contributed by atoms with E-state index >= 15 is 0 Å². The molecule has 1 aromatic carbocycles. The third-order valence-corrected chi connectivity index (χ3v) is 5.04. The van der Waals surface area contributed by atoms with Crippen molar-refractivity contribution in [2.45, 2.75) is 24.6 Å². The van der Waals surface area contributed by atoms with Crippen molar-refractivity contribution in [2.24, 2.45) is 5.73 Å². The summed E-state index contributed by atoms with van der Waals surface area (Å²) < 4.78 is 1.11. The number of halogens is 1. The Bertz CT molecular complexity index is 369. The zero-order valence-corrected chi connectivity index (χ0v) is 13.2. The molecule has 0 bridgehead atoms. The van der Waals surface area contributed by atoms with Crippen LogP contribution in [0.5, 0.6) is 0 Å². The second-order valence-corrected chi connectivity index (χ2v) is 7.39. The van der Waals surface area contributed by atoms with Gasteiger partial charge in [0.05, 0.1) is 0 Å². The van der Waals surface area contributed by atoms with Crippen molar-refractivity contribution < 1.29 is 0 Å². The molecule has 1 heterocycles. The van der Waals surface area contributed by atoms with E-state index in [1.54, 1.807) is 0 Å². The predicted molar refractivity (Wildman–Crippen MR) is 84.0 cm³/mol. The molecule has 1 aliphatic rings. The van der Waals surface area contributed by atoms with Crippen molar-refractivity contribution >= 4 is 27.7 Å². The molecule has 100 valence electrons. The lowest BCUT2D eigenvalue weighted by molar-refractivity contribution is 0.275. The van der Waals surface area contributed by atoms with Crippen LogP contribution < -0.4 is 5.73 Å². The van der Waals surface area contributed by atoms with Crippen molar-refractivity contribution in [1.29, 1.82) is 0 Å². The first kappa shape index (κ1) is 14.4. The smallest absolute Gasteiger partial charge is 0.0307 e. The second kappa shape index (κ2) is 6.94. The first-order valence-electron chi connectivity index (χ1n) is 6.50. The minimum absolute atomic E-state index is 0.156. The van der Waals surface area contributed by atoms with Gasteiger partial charge in [-0.1, -0.05) is 35.0 Å². The minimum atomic E-state index is 0.156. The molecule has 1 fully saturated rings. The standard InChI is InChI=1S/C14H21BrN2S/c1-11-10-17(8-9-18-11)7-6-14(16)12-2-4-13(15)5-3-12/h2-5,11,14H,6-10,16H2,1H3. The predicted octanol–water partition coefficient (Wildman–Crippen LogP) is 3.28. The lowest BCUT2D eigenvalue weighted by Gasteiger charge is -2.31. The van der Waals surface area contributed by atoms with Gasteiger partial charge < -0.3 is 10.6 Å². The van der Waals surface area contributed by atoms with Crippen LogP contribution in [0, 0.1) is 0 Å². The summed E-state index contributed by atoms with van der Waals surface area (Å²) in [5.41, 5.74) is 7.48. The van der Waals surface area contributed by atoms with Crippen molar-refractivity contribution in [3.8, 4) is 0 Å². The largest absolute Gasteiger partial charge is 0.324 e. The van der Waals surface area contributed by atoms with Crippen LogP contribution in [-0.2, 0) is 0 Å². The summed E-state index contributed by atoms with van der Waals surface area (Å²) in [6, 6.07) is 8.51. The fourth-order valence-corrected chi connectivity index (χ4v) is 3.64.